The number of aromatic nitrogens is 2. The van der Waals surface area contributed by atoms with Crippen molar-refractivity contribution in [1.82, 2.24) is 9.55 Å². The summed E-state index contributed by atoms with van der Waals surface area (Å²) < 4.78 is 1.75. The van der Waals surface area contributed by atoms with Crippen molar-refractivity contribution >= 4 is 5.82 Å². The molecule has 112 valence electrons. The van der Waals surface area contributed by atoms with Gasteiger partial charge in [-0.25, -0.2) is 4.98 Å². The fourth-order valence-electron chi connectivity index (χ4n) is 3.06. The fourth-order valence-corrected chi connectivity index (χ4v) is 3.06. The Bertz CT molecular complexity index is 485. The molecule has 1 aromatic rings. The molecule has 2 unspecified atom stereocenters. The summed E-state index contributed by atoms with van der Waals surface area (Å²) in [4.78, 5) is 18.9. The highest BCUT2D eigenvalue weighted by molar-refractivity contribution is 5.38. The van der Waals surface area contributed by atoms with Crippen LogP contribution in [0.15, 0.2) is 17.2 Å². The molecule has 0 spiro atoms. The SMILES string of the molecule is CCCn1ccnc(N2CCC(CC)CC2CN)c1=O. The Morgan fingerprint density at radius 2 is 2.25 bits per heavy atom. The van der Waals surface area contributed by atoms with E-state index in [0.717, 1.165) is 38.3 Å². The van der Waals surface area contributed by atoms with E-state index in [9.17, 15) is 4.79 Å². The van der Waals surface area contributed by atoms with Crippen LogP contribution in [0.1, 0.15) is 39.5 Å². The zero-order valence-corrected chi connectivity index (χ0v) is 12.6. The van der Waals surface area contributed by atoms with Gasteiger partial charge in [-0.2, -0.15) is 0 Å². The quantitative estimate of drug-likeness (QED) is 0.888. The minimum atomic E-state index is 0.0164. The number of piperidine rings is 1. The first-order chi connectivity index (χ1) is 9.71. The van der Waals surface area contributed by atoms with Crippen molar-refractivity contribution in [2.45, 2.75) is 52.1 Å². The van der Waals surface area contributed by atoms with E-state index in [-0.39, 0.29) is 11.6 Å². The van der Waals surface area contributed by atoms with Crippen LogP contribution in [0.4, 0.5) is 5.82 Å². The van der Waals surface area contributed by atoms with Crippen LogP contribution in [-0.4, -0.2) is 28.7 Å². The second-order valence-corrected chi connectivity index (χ2v) is 5.63. The molecule has 1 fully saturated rings. The molecule has 5 heteroatoms. The van der Waals surface area contributed by atoms with Gasteiger partial charge in [-0.05, 0) is 25.2 Å². The minimum Gasteiger partial charge on any atom is -0.348 e. The molecule has 1 aromatic heterocycles. The highest BCUT2D eigenvalue weighted by atomic mass is 16.1. The van der Waals surface area contributed by atoms with Gasteiger partial charge in [0.05, 0.1) is 0 Å². The number of aryl methyl sites for hydroxylation is 1. The smallest absolute Gasteiger partial charge is 0.293 e. The van der Waals surface area contributed by atoms with E-state index < -0.39 is 0 Å². The van der Waals surface area contributed by atoms with Gasteiger partial charge in [-0.3, -0.25) is 4.79 Å². The van der Waals surface area contributed by atoms with Gasteiger partial charge in [0, 0.05) is 38.1 Å². The first-order valence-electron chi connectivity index (χ1n) is 7.73. The second kappa shape index (κ2) is 6.88. The monoisotopic (exact) mass is 278 g/mol. The zero-order chi connectivity index (χ0) is 14.5. The molecule has 1 aliphatic rings. The molecular weight excluding hydrogens is 252 g/mol. The standard InChI is InChI=1S/C15H26N4O/c1-3-7-18-9-6-17-14(15(18)20)19-8-5-12(4-2)10-13(19)11-16/h6,9,12-13H,3-5,7-8,10-11,16H2,1-2H3. The van der Waals surface area contributed by atoms with Gasteiger partial charge in [0.1, 0.15) is 0 Å². The van der Waals surface area contributed by atoms with Crippen molar-refractivity contribution in [2.24, 2.45) is 11.7 Å². The Kier molecular flexibility index (Phi) is 5.17. The predicted molar refractivity (Wildman–Crippen MR) is 82.0 cm³/mol. The first kappa shape index (κ1) is 15.0. The molecule has 2 heterocycles. The predicted octanol–water partition coefficient (Wildman–Crippen LogP) is 1.61. The van der Waals surface area contributed by atoms with Crippen molar-refractivity contribution in [3.8, 4) is 0 Å². The number of nitrogens with two attached hydrogens (primary N) is 1. The molecule has 2 rings (SSSR count). The van der Waals surface area contributed by atoms with E-state index in [1.165, 1.54) is 6.42 Å². The normalized spacial score (nSPS) is 23.1. The lowest BCUT2D eigenvalue weighted by Gasteiger charge is -2.39. The maximum absolute atomic E-state index is 12.5. The molecule has 20 heavy (non-hydrogen) atoms. The maximum Gasteiger partial charge on any atom is 0.293 e. The van der Waals surface area contributed by atoms with Gasteiger partial charge in [0.15, 0.2) is 5.82 Å². The summed E-state index contributed by atoms with van der Waals surface area (Å²) in [6, 6.07) is 0.242. The summed E-state index contributed by atoms with van der Waals surface area (Å²) in [5.74, 6) is 1.30. The lowest BCUT2D eigenvalue weighted by atomic mass is 9.89. The summed E-state index contributed by atoms with van der Waals surface area (Å²) in [6.45, 7) is 6.51. The van der Waals surface area contributed by atoms with Crippen LogP contribution in [0.25, 0.3) is 0 Å². The molecule has 5 nitrogen and oxygen atoms in total. The summed E-state index contributed by atoms with van der Waals surface area (Å²) >= 11 is 0. The van der Waals surface area contributed by atoms with Gasteiger partial charge in [-0.15, -0.1) is 0 Å². The van der Waals surface area contributed by atoms with Crippen LogP contribution < -0.4 is 16.2 Å². The van der Waals surface area contributed by atoms with Gasteiger partial charge in [-0.1, -0.05) is 20.3 Å². The van der Waals surface area contributed by atoms with Gasteiger partial charge in [0.25, 0.3) is 5.56 Å². The van der Waals surface area contributed by atoms with Crippen LogP contribution in [0, 0.1) is 5.92 Å². The Morgan fingerprint density at radius 1 is 1.45 bits per heavy atom. The average molecular weight is 278 g/mol. The highest BCUT2D eigenvalue weighted by Gasteiger charge is 2.29. The van der Waals surface area contributed by atoms with E-state index in [1.54, 1.807) is 17.0 Å². The van der Waals surface area contributed by atoms with Crippen molar-refractivity contribution < 1.29 is 0 Å². The van der Waals surface area contributed by atoms with E-state index in [2.05, 4.69) is 23.7 Å². The molecule has 0 radical (unpaired) electrons. The fraction of sp³-hybridized carbons (Fsp3) is 0.733. The zero-order valence-electron chi connectivity index (χ0n) is 12.6. The molecule has 0 saturated carbocycles. The lowest BCUT2D eigenvalue weighted by molar-refractivity contribution is 0.333. The molecule has 1 saturated heterocycles. The van der Waals surface area contributed by atoms with Crippen LogP contribution >= 0.6 is 0 Å². The van der Waals surface area contributed by atoms with Crippen molar-refractivity contribution in [3.05, 3.63) is 22.7 Å². The topological polar surface area (TPSA) is 64.2 Å². The van der Waals surface area contributed by atoms with Crippen LogP contribution in [0.3, 0.4) is 0 Å². The summed E-state index contributed by atoms with van der Waals surface area (Å²) in [7, 11) is 0. The molecule has 2 N–H and O–H groups in total. The van der Waals surface area contributed by atoms with Crippen molar-refractivity contribution in [2.75, 3.05) is 18.0 Å². The Hall–Kier alpha value is -1.36. The van der Waals surface area contributed by atoms with E-state index >= 15 is 0 Å². The first-order valence-corrected chi connectivity index (χ1v) is 7.73. The number of hydrogen-bond acceptors (Lipinski definition) is 4. The minimum absolute atomic E-state index is 0.0164. The molecule has 0 aliphatic carbocycles. The third-order valence-electron chi connectivity index (χ3n) is 4.31. The van der Waals surface area contributed by atoms with Crippen LogP contribution in [0.5, 0.6) is 0 Å². The molecule has 2 atom stereocenters. The molecule has 1 aliphatic heterocycles. The Balaban J connectivity index is 2.26. The summed E-state index contributed by atoms with van der Waals surface area (Å²) in [5.41, 5.74) is 5.93. The summed E-state index contributed by atoms with van der Waals surface area (Å²) in [6.07, 6.45) is 7.82. The molecule has 0 amide bonds. The van der Waals surface area contributed by atoms with Crippen molar-refractivity contribution in [1.29, 1.82) is 0 Å². The average Bonchev–Trinajstić information content (AvgIpc) is 2.49. The molecule has 0 bridgehead atoms. The van der Waals surface area contributed by atoms with E-state index in [1.807, 2.05) is 0 Å². The number of hydrogen-bond donors (Lipinski definition) is 1. The number of anilines is 1. The van der Waals surface area contributed by atoms with E-state index in [0.29, 0.717) is 12.4 Å². The summed E-state index contributed by atoms with van der Waals surface area (Å²) in [5, 5.41) is 0. The maximum atomic E-state index is 12.5. The van der Waals surface area contributed by atoms with Gasteiger partial charge in [0.2, 0.25) is 0 Å². The van der Waals surface area contributed by atoms with Crippen LogP contribution in [-0.2, 0) is 6.54 Å². The molecular formula is C15H26N4O. The third-order valence-corrected chi connectivity index (χ3v) is 4.31. The largest absolute Gasteiger partial charge is 0.348 e. The van der Waals surface area contributed by atoms with Crippen molar-refractivity contribution in [3.63, 3.8) is 0 Å². The number of nitrogens with zero attached hydrogens (tertiary/aromatic N) is 3. The second-order valence-electron chi connectivity index (χ2n) is 5.63. The Morgan fingerprint density at radius 3 is 2.90 bits per heavy atom. The number of rotatable bonds is 5. The van der Waals surface area contributed by atoms with Crippen LogP contribution in [0.2, 0.25) is 0 Å². The molecule has 0 aromatic carbocycles. The van der Waals surface area contributed by atoms with Gasteiger partial charge < -0.3 is 15.2 Å². The lowest BCUT2D eigenvalue weighted by Crippen LogP contribution is -2.49. The Labute approximate surface area is 120 Å². The van der Waals surface area contributed by atoms with Gasteiger partial charge >= 0.3 is 0 Å². The highest BCUT2D eigenvalue weighted by Crippen LogP contribution is 2.26. The third kappa shape index (κ3) is 3.03. The van der Waals surface area contributed by atoms with E-state index in [4.69, 9.17) is 5.73 Å².